The number of benzene rings is 2. The third kappa shape index (κ3) is 3.18. The number of hydrogen-bond acceptors (Lipinski definition) is 6. The van der Waals surface area contributed by atoms with Crippen LogP contribution in [0.25, 0.3) is 20.4 Å². The molecular formula is C16H16N4S2. The third-order valence-corrected chi connectivity index (χ3v) is 4.82. The van der Waals surface area contributed by atoms with E-state index in [1.165, 1.54) is 43.2 Å². The molecule has 0 spiro atoms. The van der Waals surface area contributed by atoms with Crippen LogP contribution in [0.5, 0.6) is 0 Å². The Labute approximate surface area is 136 Å². The zero-order valence-corrected chi connectivity index (χ0v) is 14.0. The minimum atomic E-state index is 0.644. The van der Waals surface area contributed by atoms with Gasteiger partial charge in [-0.05, 0) is 49.2 Å². The molecule has 0 amide bonds. The number of anilines is 2. The summed E-state index contributed by atoms with van der Waals surface area (Å²) in [5.74, 6) is 0. The molecule has 0 aliphatic rings. The molecule has 4 aromatic rings. The molecule has 6 heteroatoms. The predicted molar refractivity (Wildman–Crippen MR) is 97.5 cm³/mol. The molecule has 0 saturated carbocycles. The lowest BCUT2D eigenvalue weighted by molar-refractivity contribution is 1.46. The standard InChI is InChI=1S/2C8H8N2S/c2*1-5-2-3-6-7(4-5)11-8(9)10-6/h2*2-4H,1H3,(H2,9,10). The molecule has 0 fully saturated rings. The molecule has 0 radical (unpaired) electrons. The summed E-state index contributed by atoms with van der Waals surface area (Å²) in [7, 11) is 0. The zero-order valence-electron chi connectivity index (χ0n) is 12.3. The van der Waals surface area contributed by atoms with Gasteiger partial charge in [-0.25, -0.2) is 9.97 Å². The monoisotopic (exact) mass is 328 g/mol. The van der Waals surface area contributed by atoms with Gasteiger partial charge in [0.15, 0.2) is 10.3 Å². The summed E-state index contributed by atoms with van der Waals surface area (Å²) in [6.07, 6.45) is 0. The van der Waals surface area contributed by atoms with Crippen LogP contribution in [0.3, 0.4) is 0 Å². The van der Waals surface area contributed by atoms with Gasteiger partial charge in [-0.15, -0.1) is 0 Å². The van der Waals surface area contributed by atoms with Crippen LogP contribution in [0.15, 0.2) is 36.4 Å². The molecule has 4 rings (SSSR count). The van der Waals surface area contributed by atoms with E-state index in [4.69, 9.17) is 11.5 Å². The summed E-state index contributed by atoms with van der Waals surface area (Å²) in [6, 6.07) is 12.3. The van der Waals surface area contributed by atoms with Crippen LogP contribution in [-0.4, -0.2) is 9.97 Å². The highest BCUT2D eigenvalue weighted by molar-refractivity contribution is 7.22. The van der Waals surface area contributed by atoms with Gasteiger partial charge in [0.1, 0.15) is 0 Å². The van der Waals surface area contributed by atoms with Crippen molar-refractivity contribution < 1.29 is 0 Å². The van der Waals surface area contributed by atoms with Crippen LogP contribution in [0.1, 0.15) is 11.1 Å². The summed E-state index contributed by atoms with van der Waals surface area (Å²) in [4.78, 5) is 8.30. The Morgan fingerprint density at radius 3 is 1.55 bits per heavy atom. The maximum absolute atomic E-state index is 5.55. The maximum atomic E-state index is 5.55. The van der Waals surface area contributed by atoms with Crippen LogP contribution in [0.4, 0.5) is 10.3 Å². The van der Waals surface area contributed by atoms with E-state index in [0.717, 1.165) is 11.0 Å². The Morgan fingerprint density at radius 2 is 1.14 bits per heavy atom. The molecule has 0 aliphatic heterocycles. The number of fused-ring (bicyclic) bond motifs is 2. The molecule has 0 saturated heterocycles. The largest absolute Gasteiger partial charge is 0.375 e. The number of rotatable bonds is 0. The van der Waals surface area contributed by atoms with Gasteiger partial charge < -0.3 is 11.5 Å². The van der Waals surface area contributed by atoms with Gasteiger partial charge in [0.25, 0.3) is 0 Å². The van der Waals surface area contributed by atoms with Crippen molar-refractivity contribution in [2.24, 2.45) is 0 Å². The van der Waals surface area contributed by atoms with Crippen molar-refractivity contribution in [2.45, 2.75) is 13.8 Å². The van der Waals surface area contributed by atoms with E-state index in [9.17, 15) is 0 Å². The summed E-state index contributed by atoms with van der Waals surface area (Å²) in [5.41, 5.74) is 15.6. The smallest absolute Gasteiger partial charge is 0.181 e. The Morgan fingerprint density at radius 1 is 0.727 bits per heavy atom. The number of nitrogens with two attached hydrogens (primary N) is 2. The molecule has 4 N–H and O–H groups in total. The van der Waals surface area contributed by atoms with Crippen molar-refractivity contribution in [3.63, 3.8) is 0 Å². The summed E-state index contributed by atoms with van der Waals surface area (Å²) < 4.78 is 2.34. The van der Waals surface area contributed by atoms with Crippen LogP contribution in [-0.2, 0) is 0 Å². The predicted octanol–water partition coefficient (Wildman–Crippen LogP) is 4.37. The van der Waals surface area contributed by atoms with E-state index in [2.05, 4.69) is 35.9 Å². The number of aromatic nitrogens is 2. The molecule has 0 atom stereocenters. The topological polar surface area (TPSA) is 77.8 Å². The molecule has 2 aromatic heterocycles. The van der Waals surface area contributed by atoms with E-state index in [1.807, 2.05) is 24.3 Å². The Hall–Kier alpha value is -2.18. The fraction of sp³-hybridized carbons (Fsp3) is 0.125. The molecule has 2 heterocycles. The number of hydrogen-bond donors (Lipinski definition) is 2. The molecular weight excluding hydrogens is 312 g/mol. The van der Waals surface area contributed by atoms with Crippen LogP contribution < -0.4 is 11.5 Å². The Balaban J connectivity index is 0.000000131. The van der Waals surface area contributed by atoms with Crippen molar-refractivity contribution >= 4 is 53.4 Å². The number of aryl methyl sites for hydroxylation is 2. The van der Waals surface area contributed by atoms with E-state index in [1.54, 1.807) is 0 Å². The molecule has 22 heavy (non-hydrogen) atoms. The molecule has 112 valence electrons. The van der Waals surface area contributed by atoms with Crippen LogP contribution in [0, 0.1) is 13.8 Å². The van der Waals surface area contributed by atoms with E-state index in [0.29, 0.717) is 10.3 Å². The quantitative estimate of drug-likeness (QED) is 0.502. The second kappa shape index (κ2) is 5.90. The fourth-order valence-electron chi connectivity index (χ4n) is 2.10. The van der Waals surface area contributed by atoms with Gasteiger partial charge in [-0.1, -0.05) is 34.8 Å². The first kappa shape index (κ1) is 14.7. The highest BCUT2D eigenvalue weighted by atomic mass is 32.1. The lowest BCUT2D eigenvalue weighted by atomic mass is 10.2. The minimum absolute atomic E-state index is 0.644. The summed E-state index contributed by atoms with van der Waals surface area (Å²) in [5, 5.41) is 1.29. The van der Waals surface area contributed by atoms with Gasteiger partial charge in [0, 0.05) is 0 Å². The van der Waals surface area contributed by atoms with E-state index in [-0.39, 0.29) is 0 Å². The number of thiazole rings is 2. The molecule has 0 bridgehead atoms. The average molecular weight is 328 g/mol. The van der Waals surface area contributed by atoms with Gasteiger partial charge in [0.2, 0.25) is 0 Å². The first-order valence-electron chi connectivity index (χ1n) is 6.76. The normalized spacial score (nSPS) is 10.6. The molecule has 0 unspecified atom stereocenters. The third-order valence-electron chi connectivity index (χ3n) is 3.12. The van der Waals surface area contributed by atoms with Crippen molar-refractivity contribution in [1.29, 1.82) is 0 Å². The highest BCUT2D eigenvalue weighted by Crippen LogP contribution is 2.24. The van der Waals surface area contributed by atoms with Crippen LogP contribution >= 0.6 is 22.7 Å². The fourth-order valence-corrected chi connectivity index (χ4v) is 3.76. The highest BCUT2D eigenvalue weighted by Gasteiger charge is 1.99. The van der Waals surface area contributed by atoms with Crippen molar-refractivity contribution in [3.8, 4) is 0 Å². The van der Waals surface area contributed by atoms with Crippen molar-refractivity contribution in [3.05, 3.63) is 47.5 Å². The first-order valence-corrected chi connectivity index (χ1v) is 8.40. The summed E-state index contributed by atoms with van der Waals surface area (Å²) in [6.45, 7) is 4.13. The lowest BCUT2D eigenvalue weighted by Crippen LogP contribution is -1.78. The average Bonchev–Trinajstić information content (AvgIpc) is 2.99. The number of nitrogens with zero attached hydrogens (tertiary/aromatic N) is 2. The molecule has 0 aliphatic carbocycles. The lowest BCUT2D eigenvalue weighted by Gasteiger charge is -1.88. The second-order valence-corrected chi connectivity index (χ2v) is 7.17. The Kier molecular flexibility index (Phi) is 3.96. The minimum Gasteiger partial charge on any atom is -0.375 e. The second-order valence-electron chi connectivity index (χ2n) is 5.05. The van der Waals surface area contributed by atoms with Gasteiger partial charge >= 0.3 is 0 Å². The summed E-state index contributed by atoms with van der Waals surface area (Å²) >= 11 is 3.07. The van der Waals surface area contributed by atoms with Crippen molar-refractivity contribution in [2.75, 3.05) is 11.5 Å². The van der Waals surface area contributed by atoms with Gasteiger partial charge in [-0.2, -0.15) is 0 Å². The van der Waals surface area contributed by atoms with E-state index < -0.39 is 0 Å². The van der Waals surface area contributed by atoms with Crippen molar-refractivity contribution in [1.82, 2.24) is 9.97 Å². The van der Waals surface area contributed by atoms with Crippen LogP contribution in [0.2, 0.25) is 0 Å². The molecule has 4 nitrogen and oxygen atoms in total. The first-order chi connectivity index (χ1) is 10.5. The van der Waals surface area contributed by atoms with Gasteiger partial charge in [-0.3, -0.25) is 0 Å². The molecule has 2 aromatic carbocycles. The van der Waals surface area contributed by atoms with E-state index >= 15 is 0 Å². The van der Waals surface area contributed by atoms with Gasteiger partial charge in [0.05, 0.1) is 20.4 Å². The number of nitrogen functional groups attached to an aromatic ring is 2. The SMILES string of the molecule is Cc1ccc2nc(N)sc2c1.Cc1ccc2nc(N)sc2c1. The zero-order chi connectivity index (χ0) is 15.7. The Bertz CT molecular complexity index is 862. The maximum Gasteiger partial charge on any atom is 0.181 e.